The molecule has 0 radical (unpaired) electrons. The zero-order valence-electron chi connectivity index (χ0n) is 33.2. The van der Waals surface area contributed by atoms with Gasteiger partial charge in [-0.15, -0.1) is 0 Å². The van der Waals surface area contributed by atoms with E-state index >= 15 is 0 Å². The second-order valence-corrected chi connectivity index (χ2v) is 15.5. The standard InChI is InChI=1S/C44H47N9O6/c1-44(2,59-42(45)56)41(55)53-21-7-11-37(53)39-48-25-35(50-39)29-18-14-27(15-19-29)26-12-16-28(17-13-26)34-24-47-38(49-34)36-10-6-20-52(36)40(54)33(51-43(57)58-3)22-30-23-46-32-9-5-4-8-31(30)32/h4-5,8-9,12-19,23-25,33,36-37,46H,6-7,10-11,20-22H2,1-3H3,(H2,45,56)(H,47,49)(H,48,50)(H,51,57)/t33?,36?,37-/m0/s1. The number of aromatic amines is 3. The van der Waals surface area contributed by atoms with Gasteiger partial charge >= 0.3 is 12.2 Å². The Hall–Kier alpha value is -6.90. The van der Waals surface area contributed by atoms with Crippen molar-refractivity contribution in [3.63, 3.8) is 0 Å². The molecule has 2 saturated heterocycles. The van der Waals surface area contributed by atoms with E-state index in [1.54, 1.807) is 31.1 Å². The number of benzene rings is 3. The molecular formula is C44H47N9O6. The summed E-state index contributed by atoms with van der Waals surface area (Å²) in [6, 6.07) is 22.9. The maximum atomic E-state index is 14.1. The Morgan fingerprint density at radius 2 is 1.36 bits per heavy atom. The number of aromatic nitrogens is 5. The fourth-order valence-corrected chi connectivity index (χ4v) is 8.36. The minimum atomic E-state index is -1.38. The molecule has 0 saturated carbocycles. The number of rotatable bonds is 11. The third-order valence-corrected chi connectivity index (χ3v) is 11.3. The van der Waals surface area contributed by atoms with E-state index in [4.69, 9.17) is 20.2 Å². The number of nitrogens with one attached hydrogen (secondary N) is 4. The molecule has 3 atom stereocenters. The van der Waals surface area contributed by atoms with Crippen molar-refractivity contribution in [2.75, 3.05) is 20.2 Å². The lowest BCUT2D eigenvalue weighted by molar-refractivity contribution is -0.149. The third-order valence-electron chi connectivity index (χ3n) is 11.3. The second kappa shape index (κ2) is 16.2. The number of methoxy groups -OCH3 is 1. The summed E-state index contributed by atoms with van der Waals surface area (Å²) in [6.45, 7) is 4.17. The number of hydrogen-bond acceptors (Lipinski definition) is 8. The van der Waals surface area contributed by atoms with Crippen molar-refractivity contribution < 1.29 is 28.7 Å². The van der Waals surface area contributed by atoms with Gasteiger partial charge in [0.05, 0.1) is 43.0 Å². The van der Waals surface area contributed by atoms with Crippen LogP contribution in [0.15, 0.2) is 91.4 Å². The number of ether oxygens (including phenoxy) is 2. The molecule has 5 heterocycles. The van der Waals surface area contributed by atoms with Gasteiger partial charge in [-0.3, -0.25) is 9.59 Å². The minimum Gasteiger partial charge on any atom is -0.453 e. The molecule has 59 heavy (non-hydrogen) atoms. The molecule has 3 aromatic carbocycles. The van der Waals surface area contributed by atoms with Crippen LogP contribution in [0.25, 0.3) is 44.5 Å². The van der Waals surface area contributed by atoms with Crippen LogP contribution in [-0.2, 0) is 25.5 Å². The first-order valence-corrected chi connectivity index (χ1v) is 19.8. The fraction of sp³-hybridized carbons (Fsp3) is 0.318. The number of primary amides is 1. The van der Waals surface area contributed by atoms with Gasteiger partial charge in [-0.2, -0.15) is 0 Å². The first-order valence-electron chi connectivity index (χ1n) is 19.8. The quantitative estimate of drug-likeness (QED) is 0.0943. The van der Waals surface area contributed by atoms with Gasteiger partial charge < -0.3 is 45.3 Å². The molecule has 4 amide bonds. The lowest BCUT2D eigenvalue weighted by Gasteiger charge is -2.31. The molecule has 6 aromatic rings. The highest BCUT2D eigenvalue weighted by atomic mass is 16.6. The number of carbonyl (C=O) groups excluding carboxylic acids is 4. The number of alkyl carbamates (subject to hydrolysis) is 1. The molecule has 2 unspecified atom stereocenters. The summed E-state index contributed by atoms with van der Waals surface area (Å²) in [5.41, 5.74) is 11.4. The zero-order chi connectivity index (χ0) is 41.3. The van der Waals surface area contributed by atoms with Crippen LogP contribution in [0.2, 0.25) is 0 Å². The second-order valence-electron chi connectivity index (χ2n) is 15.5. The molecule has 3 aromatic heterocycles. The molecule has 15 nitrogen and oxygen atoms in total. The van der Waals surface area contributed by atoms with Crippen molar-refractivity contribution in [1.29, 1.82) is 0 Å². The topological polar surface area (TPSA) is 204 Å². The minimum absolute atomic E-state index is 0.185. The smallest absolute Gasteiger partial charge is 0.407 e. The van der Waals surface area contributed by atoms with Gasteiger partial charge in [-0.1, -0.05) is 66.7 Å². The van der Waals surface area contributed by atoms with Gasteiger partial charge in [0.2, 0.25) is 5.91 Å². The molecule has 6 N–H and O–H groups in total. The van der Waals surface area contributed by atoms with Gasteiger partial charge in [0.15, 0.2) is 5.60 Å². The molecule has 2 aliphatic heterocycles. The Balaban J connectivity index is 0.927. The number of H-pyrrole nitrogens is 3. The van der Waals surface area contributed by atoms with E-state index in [1.807, 2.05) is 59.6 Å². The molecule has 0 aliphatic carbocycles. The monoisotopic (exact) mass is 797 g/mol. The number of nitrogens with two attached hydrogens (primary N) is 1. The number of hydrogen-bond donors (Lipinski definition) is 5. The largest absolute Gasteiger partial charge is 0.453 e. The molecule has 2 fully saturated rings. The Morgan fingerprint density at radius 3 is 1.93 bits per heavy atom. The van der Waals surface area contributed by atoms with Gasteiger partial charge in [0, 0.05) is 36.6 Å². The van der Waals surface area contributed by atoms with Crippen LogP contribution in [0, 0.1) is 0 Å². The molecular weight excluding hydrogens is 751 g/mol. The summed E-state index contributed by atoms with van der Waals surface area (Å²) < 4.78 is 10.00. The zero-order valence-corrected chi connectivity index (χ0v) is 33.2. The van der Waals surface area contributed by atoms with Crippen LogP contribution in [0.3, 0.4) is 0 Å². The molecule has 2 aliphatic rings. The Morgan fingerprint density at radius 1 is 0.814 bits per heavy atom. The number of likely N-dealkylation sites (tertiary alicyclic amines) is 2. The predicted molar refractivity (Wildman–Crippen MR) is 220 cm³/mol. The molecule has 8 rings (SSSR count). The van der Waals surface area contributed by atoms with Crippen molar-refractivity contribution in [3.8, 4) is 33.6 Å². The van der Waals surface area contributed by atoms with E-state index in [0.717, 1.165) is 75.8 Å². The number of amides is 4. The molecule has 304 valence electrons. The van der Waals surface area contributed by atoms with E-state index in [2.05, 4.69) is 49.5 Å². The van der Waals surface area contributed by atoms with Crippen molar-refractivity contribution in [3.05, 3.63) is 109 Å². The SMILES string of the molecule is COC(=O)NC(Cc1c[nH]c2ccccc12)C(=O)N1CCCC1c1ncc(-c2ccc(-c3ccc(-c4cnc([C@@H]5CCCN5C(=O)C(C)(C)OC(N)=O)[nH]4)cc3)cc2)[nH]1. The Kier molecular flexibility index (Phi) is 10.7. The average Bonchev–Trinajstić information content (AvgIpc) is 4.10. The summed E-state index contributed by atoms with van der Waals surface area (Å²) in [4.78, 5) is 74.1. The van der Waals surface area contributed by atoms with Gasteiger partial charge in [0.25, 0.3) is 5.91 Å². The van der Waals surface area contributed by atoms with E-state index in [0.29, 0.717) is 31.2 Å². The first kappa shape index (κ1) is 38.9. The number of carbonyl (C=O) groups is 4. The number of nitrogens with zero attached hydrogens (tertiary/aromatic N) is 4. The van der Waals surface area contributed by atoms with Crippen LogP contribution in [0.5, 0.6) is 0 Å². The van der Waals surface area contributed by atoms with E-state index in [1.165, 1.54) is 7.11 Å². The van der Waals surface area contributed by atoms with Gasteiger partial charge in [0.1, 0.15) is 17.7 Å². The van der Waals surface area contributed by atoms with Crippen molar-refractivity contribution in [2.45, 2.75) is 69.7 Å². The molecule has 15 heteroatoms. The Labute approximate surface area is 340 Å². The lowest BCUT2D eigenvalue weighted by atomic mass is 10.0. The lowest BCUT2D eigenvalue weighted by Crippen LogP contribution is -2.49. The first-order chi connectivity index (χ1) is 28.5. The fourth-order valence-electron chi connectivity index (χ4n) is 8.36. The summed E-state index contributed by atoms with van der Waals surface area (Å²) in [7, 11) is 1.29. The maximum Gasteiger partial charge on any atom is 0.407 e. The number of imidazole rings is 2. The van der Waals surface area contributed by atoms with Gasteiger partial charge in [-0.05, 0) is 73.4 Å². The van der Waals surface area contributed by atoms with Crippen LogP contribution in [0.4, 0.5) is 9.59 Å². The maximum absolute atomic E-state index is 14.1. The summed E-state index contributed by atoms with van der Waals surface area (Å²) in [6.07, 6.45) is 7.21. The number of fused-ring (bicyclic) bond motifs is 1. The van der Waals surface area contributed by atoms with Crippen LogP contribution < -0.4 is 11.1 Å². The van der Waals surface area contributed by atoms with Crippen LogP contribution in [0.1, 0.15) is 68.8 Å². The van der Waals surface area contributed by atoms with Gasteiger partial charge in [-0.25, -0.2) is 19.6 Å². The van der Waals surface area contributed by atoms with Crippen LogP contribution >= 0.6 is 0 Å². The van der Waals surface area contributed by atoms with E-state index < -0.39 is 23.8 Å². The van der Waals surface area contributed by atoms with Crippen molar-refractivity contribution in [2.24, 2.45) is 5.73 Å². The van der Waals surface area contributed by atoms with Crippen molar-refractivity contribution in [1.82, 2.24) is 40.0 Å². The Bertz CT molecular complexity index is 2490. The average molecular weight is 798 g/mol. The molecule has 0 bridgehead atoms. The van der Waals surface area contributed by atoms with Crippen molar-refractivity contribution >= 4 is 34.9 Å². The molecule has 0 spiro atoms. The highest BCUT2D eigenvalue weighted by Gasteiger charge is 2.42. The summed E-state index contributed by atoms with van der Waals surface area (Å²) >= 11 is 0. The highest BCUT2D eigenvalue weighted by Crippen LogP contribution is 2.36. The predicted octanol–water partition coefficient (Wildman–Crippen LogP) is 6.78. The number of para-hydroxylation sites is 1. The summed E-state index contributed by atoms with van der Waals surface area (Å²) in [5.74, 6) is 0.876. The van der Waals surface area contributed by atoms with E-state index in [-0.39, 0.29) is 23.9 Å². The summed E-state index contributed by atoms with van der Waals surface area (Å²) in [5, 5.41) is 3.78. The third kappa shape index (κ3) is 8.00. The van der Waals surface area contributed by atoms with Crippen LogP contribution in [-0.4, -0.2) is 90.6 Å². The normalized spacial score (nSPS) is 17.3. The highest BCUT2D eigenvalue weighted by molar-refractivity contribution is 5.89. The van der Waals surface area contributed by atoms with E-state index in [9.17, 15) is 19.2 Å².